The average molecular weight is 220 g/mol. The summed E-state index contributed by atoms with van der Waals surface area (Å²) in [5.74, 6) is 0.753. The Morgan fingerprint density at radius 3 is 2.76 bits per heavy atom. The van der Waals surface area contributed by atoms with Crippen molar-refractivity contribution >= 4 is 0 Å². The van der Waals surface area contributed by atoms with Crippen molar-refractivity contribution in [1.82, 2.24) is 0 Å². The van der Waals surface area contributed by atoms with E-state index in [1.807, 2.05) is 0 Å². The smallest absolute Gasteiger partial charge is 0.00134 e. The summed E-state index contributed by atoms with van der Waals surface area (Å²) in [6.45, 7) is 2.36. The van der Waals surface area contributed by atoms with Gasteiger partial charge < -0.3 is 0 Å². The quantitative estimate of drug-likeness (QED) is 0.529. The van der Waals surface area contributed by atoms with Gasteiger partial charge in [-0.1, -0.05) is 43.3 Å². The lowest BCUT2D eigenvalue weighted by molar-refractivity contribution is 0.747. The van der Waals surface area contributed by atoms with Crippen LogP contribution in [0.3, 0.4) is 0 Å². The highest BCUT2D eigenvalue weighted by atomic mass is 14.3. The molecule has 0 nitrogen and oxygen atoms in total. The van der Waals surface area contributed by atoms with E-state index in [1.54, 1.807) is 16.7 Å². The van der Waals surface area contributed by atoms with Crippen molar-refractivity contribution in [3.63, 3.8) is 0 Å². The van der Waals surface area contributed by atoms with Crippen molar-refractivity contribution in [2.45, 2.75) is 32.1 Å². The Balaban J connectivity index is 1.97. The average Bonchev–Trinajstić information content (AvgIpc) is 2.88. The van der Waals surface area contributed by atoms with Gasteiger partial charge in [0.05, 0.1) is 0 Å². The van der Waals surface area contributed by atoms with Crippen LogP contribution in [0.1, 0.15) is 41.5 Å². The highest BCUT2D eigenvalue weighted by Crippen LogP contribution is 2.42. The lowest BCUT2D eigenvalue weighted by Gasteiger charge is -2.08. The third kappa shape index (κ3) is 1.24. The van der Waals surface area contributed by atoms with Crippen LogP contribution in [-0.4, -0.2) is 0 Å². The van der Waals surface area contributed by atoms with E-state index in [0.717, 1.165) is 12.3 Å². The minimum Gasteiger partial charge on any atom is -0.0619 e. The molecule has 84 valence electrons. The third-order valence-corrected chi connectivity index (χ3v) is 4.43. The standard InChI is InChI=1S/C17H16/c1-11-6-7-13-9-14-8-12-4-2-3-5-15(12)17(14)10-16(11)13/h2-5,9-11H,6-8H2,1H3. The van der Waals surface area contributed by atoms with Crippen LogP contribution in [0.2, 0.25) is 0 Å². The molecule has 1 atom stereocenters. The van der Waals surface area contributed by atoms with E-state index in [2.05, 4.69) is 43.3 Å². The molecule has 0 heterocycles. The molecule has 0 N–H and O–H groups in total. The Kier molecular flexibility index (Phi) is 1.80. The summed E-state index contributed by atoms with van der Waals surface area (Å²) >= 11 is 0. The van der Waals surface area contributed by atoms with E-state index < -0.39 is 0 Å². The largest absolute Gasteiger partial charge is 0.0619 e. The molecule has 2 aromatic carbocycles. The fourth-order valence-electron chi connectivity index (χ4n) is 3.45. The Morgan fingerprint density at radius 1 is 0.941 bits per heavy atom. The number of aryl methyl sites for hydroxylation is 1. The second-order valence-corrected chi connectivity index (χ2v) is 5.48. The number of benzene rings is 2. The van der Waals surface area contributed by atoms with Crippen molar-refractivity contribution in [2.24, 2.45) is 0 Å². The van der Waals surface area contributed by atoms with Gasteiger partial charge in [-0.2, -0.15) is 0 Å². The number of hydrogen-bond donors (Lipinski definition) is 0. The minimum atomic E-state index is 0.753. The first-order chi connectivity index (χ1) is 8.33. The van der Waals surface area contributed by atoms with Crippen molar-refractivity contribution < 1.29 is 0 Å². The van der Waals surface area contributed by atoms with Gasteiger partial charge in [0.15, 0.2) is 0 Å². The van der Waals surface area contributed by atoms with Crippen LogP contribution in [0.15, 0.2) is 36.4 Å². The predicted octanol–water partition coefficient (Wildman–Crippen LogP) is 4.31. The summed E-state index contributed by atoms with van der Waals surface area (Å²) in [6.07, 6.45) is 3.74. The summed E-state index contributed by atoms with van der Waals surface area (Å²) in [5.41, 5.74) is 9.19. The SMILES string of the molecule is CC1CCc2cc3c(cc21)-c1ccccc1C3. The van der Waals surface area contributed by atoms with Gasteiger partial charge in [-0.25, -0.2) is 0 Å². The van der Waals surface area contributed by atoms with Crippen molar-refractivity contribution in [3.8, 4) is 11.1 Å². The molecule has 1 unspecified atom stereocenters. The Labute approximate surface area is 102 Å². The van der Waals surface area contributed by atoms with Crippen LogP contribution in [0.5, 0.6) is 0 Å². The zero-order valence-corrected chi connectivity index (χ0v) is 10.2. The highest BCUT2D eigenvalue weighted by molar-refractivity contribution is 5.78. The van der Waals surface area contributed by atoms with E-state index in [9.17, 15) is 0 Å². The second kappa shape index (κ2) is 3.22. The van der Waals surface area contributed by atoms with Crippen LogP contribution < -0.4 is 0 Å². The van der Waals surface area contributed by atoms with Crippen molar-refractivity contribution in [3.05, 3.63) is 58.7 Å². The zero-order chi connectivity index (χ0) is 11.4. The van der Waals surface area contributed by atoms with Gasteiger partial charge in [0.25, 0.3) is 0 Å². The fourth-order valence-corrected chi connectivity index (χ4v) is 3.45. The lowest BCUT2D eigenvalue weighted by Crippen LogP contribution is -1.89. The predicted molar refractivity (Wildman–Crippen MR) is 71.4 cm³/mol. The molecule has 0 aliphatic heterocycles. The van der Waals surface area contributed by atoms with Crippen LogP contribution in [0.4, 0.5) is 0 Å². The molecular weight excluding hydrogens is 204 g/mol. The second-order valence-electron chi connectivity index (χ2n) is 5.48. The molecule has 17 heavy (non-hydrogen) atoms. The molecule has 0 amide bonds. The molecule has 0 fully saturated rings. The number of hydrogen-bond acceptors (Lipinski definition) is 0. The van der Waals surface area contributed by atoms with Crippen molar-refractivity contribution in [2.75, 3.05) is 0 Å². The maximum Gasteiger partial charge on any atom is -0.00134 e. The van der Waals surface area contributed by atoms with Gasteiger partial charge >= 0.3 is 0 Å². The lowest BCUT2D eigenvalue weighted by atomic mass is 9.96. The summed E-state index contributed by atoms with van der Waals surface area (Å²) in [7, 11) is 0. The summed E-state index contributed by atoms with van der Waals surface area (Å²) in [5, 5.41) is 0. The molecule has 0 radical (unpaired) electrons. The fraction of sp³-hybridized carbons (Fsp3) is 0.294. The summed E-state index contributed by atoms with van der Waals surface area (Å²) in [4.78, 5) is 0. The maximum absolute atomic E-state index is 2.47. The molecular formula is C17H16. The molecule has 4 rings (SSSR count). The van der Waals surface area contributed by atoms with Gasteiger partial charge in [-0.3, -0.25) is 0 Å². The van der Waals surface area contributed by atoms with E-state index >= 15 is 0 Å². The molecule has 0 heteroatoms. The van der Waals surface area contributed by atoms with E-state index in [1.165, 1.54) is 29.5 Å². The van der Waals surface area contributed by atoms with Crippen molar-refractivity contribution in [1.29, 1.82) is 0 Å². The normalized spacial score (nSPS) is 19.9. The van der Waals surface area contributed by atoms with Gasteiger partial charge in [0.1, 0.15) is 0 Å². The monoisotopic (exact) mass is 220 g/mol. The molecule has 2 aliphatic rings. The topological polar surface area (TPSA) is 0 Å². The molecule has 2 aromatic rings. The minimum absolute atomic E-state index is 0.753. The first-order valence-corrected chi connectivity index (χ1v) is 6.57. The Morgan fingerprint density at radius 2 is 1.82 bits per heavy atom. The van der Waals surface area contributed by atoms with Crippen LogP contribution in [-0.2, 0) is 12.8 Å². The number of fused-ring (bicyclic) bond motifs is 4. The summed E-state index contributed by atoms with van der Waals surface area (Å²) in [6, 6.07) is 13.8. The first kappa shape index (κ1) is 9.47. The first-order valence-electron chi connectivity index (χ1n) is 6.57. The Hall–Kier alpha value is -1.56. The van der Waals surface area contributed by atoms with Crippen LogP contribution in [0, 0.1) is 0 Å². The maximum atomic E-state index is 2.47. The molecule has 0 saturated carbocycles. The van der Waals surface area contributed by atoms with Gasteiger partial charge in [-0.05, 0) is 58.6 Å². The zero-order valence-electron chi connectivity index (χ0n) is 10.2. The Bertz CT molecular complexity index is 607. The van der Waals surface area contributed by atoms with E-state index in [4.69, 9.17) is 0 Å². The number of rotatable bonds is 0. The van der Waals surface area contributed by atoms with Gasteiger partial charge in [-0.15, -0.1) is 0 Å². The van der Waals surface area contributed by atoms with E-state index in [-0.39, 0.29) is 0 Å². The van der Waals surface area contributed by atoms with Crippen LogP contribution >= 0.6 is 0 Å². The van der Waals surface area contributed by atoms with Gasteiger partial charge in [0.2, 0.25) is 0 Å². The summed E-state index contributed by atoms with van der Waals surface area (Å²) < 4.78 is 0. The van der Waals surface area contributed by atoms with E-state index in [0.29, 0.717) is 0 Å². The molecule has 2 aliphatic carbocycles. The molecule has 0 spiro atoms. The molecule has 0 bridgehead atoms. The van der Waals surface area contributed by atoms with Gasteiger partial charge in [0, 0.05) is 0 Å². The molecule has 0 aromatic heterocycles. The van der Waals surface area contributed by atoms with Crippen LogP contribution in [0.25, 0.3) is 11.1 Å². The highest BCUT2D eigenvalue weighted by Gasteiger charge is 2.24. The molecule has 0 saturated heterocycles. The third-order valence-electron chi connectivity index (χ3n) is 4.43.